The van der Waals surface area contributed by atoms with E-state index in [4.69, 9.17) is 9.47 Å². The van der Waals surface area contributed by atoms with E-state index in [1.54, 1.807) is 32.9 Å². The van der Waals surface area contributed by atoms with Gasteiger partial charge in [-0.2, -0.15) is 0 Å². The van der Waals surface area contributed by atoms with Crippen molar-refractivity contribution in [3.05, 3.63) is 58.1 Å². The number of carboxylic acids is 1. The summed E-state index contributed by atoms with van der Waals surface area (Å²) in [6, 6.07) is 8.16. The van der Waals surface area contributed by atoms with Gasteiger partial charge in [0, 0.05) is 0 Å². The second-order valence-electron chi connectivity index (χ2n) is 8.33. The van der Waals surface area contributed by atoms with E-state index in [9.17, 15) is 14.7 Å². The number of nitrogens with one attached hydrogen (secondary N) is 1. The van der Waals surface area contributed by atoms with Crippen LogP contribution in [0.4, 0.5) is 4.79 Å². The molecule has 0 radical (unpaired) electrons. The summed E-state index contributed by atoms with van der Waals surface area (Å²) in [6.45, 7) is 28.9. The Morgan fingerprint density at radius 1 is 0.757 bits per heavy atom. The molecule has 1 atom stereocenters. The van der Waals surface area contributed by atoms with Gasteiger partial charge >= 0.3 is 12.1 Å². The minimum Gasteiger partial charge on any atom is -0.479 e. The number of carbonyl (C=O) groups is 2. The molecule has 2 aromatic rings. The van der Waals surface area contributed by atoms with E-state index in [2.05, 4.69) is 11.4 Å². The van der Waals surface area contributed by atoms with Crippen LogP contribution < -0.4 is 10.1 Å². The van der Waals surface area contributed by atoms with Crippen LogP contribution in [0.25, 0.3) is 0 Å². The number of aliphatic carboxylic acids is 1. The molecule has 0 aromatic heterocycles. The predicted molar refractivity (Wildman–Crippen MR) is 157 cm³/mol. The highest BCUT2D eigenvalue weighted by molar-refractivity contribution is 5.81. The van der Waals surface area contributed by atoms with Crippen LogP contribution in [0.2, 0.25) is 0 Å². The van der Waals surface area contributed by atoms with Crippen molar-refractivity contribution in [3.63, 3.8) is 0 Å². The number of amides is 1. The summed E-state index contributed by atoms with van der Waals surface area (Å²) < 4.78 is 11.3. The zero-order valence-corrected chi connectivity index (χ0v) is 26.0. The van der Waals surface area contributed by atoms with Gasteiger partial charge in [-0.25, -0.2) is 9.59 Å². The molecule has 0 saturated carbocycles. The molecule has 6 heteroatoms. The Hall–Kier alpha value is -3.02. The van der Waals surface area contributed by atoms with Crippen molar-refractivity contribution in [2.75, 3.05) is 0 Å². The zero-order chi connectivity index (χ0) is 29.9. The number of hydrogen-bond donors (Lipinski definition) is 2. The van der Waals surface area contributed by atoms with E-state index in [0.29, 0.717) is 11.3 Å². The number of hydrogen-bond acceptors (Lipinski definition) is 4. The Balaban J connectivity index is -0.00000131. The Morgan fingerprint density at radius 2 is 1.16 bits per heavy atom. The Labute approximate surface area is 226 Å². The standard InChI is InChI=1S/C23H29NO5.4C2H6/c1-13-8-14(2)10-18(9-13)28-20-15(3)11-17(12-16(20)4)19(21(25)26)24-22(27)29-23(5,6)7;4*1-2/h8-12,19H,1-7H3,(H,24,27)(H,25,26);4*1-2H3. The van der Waals surface area contributed by atoms with Crippen molar-refractivity contribution < 1.29 is 24.2 Å². The van der Waals surface area contributed by atoms with Gasteiger partial charge in [-0.05, 0) is 101 Å². The topological polar surface area (TPSA) is 84.9 Å². The molecule has 37 heavy (non-hydrogen) atoms. The van der Waals surface area contributed by atoms with Crippen LogP contribution in [0.1, 0.15) is 110 Å². The first kappa shape index (κ1) is 38.5. The van der Waals surface area contributed by atoms with Crippen molar-refractivity contribution in [2.24, 2.45) is 0 Å². The fourth-order valence-electron chi connectivity index (χ4n) is 3.13. The quantitative estimate of drug-likeness (QED) is 0.411. The minimum absolute atomic E-state index is 0.450. The molecule has 2 rings (SSSR count). The molecule has 212 valence electrons. The maximum Gasteiger partial charge on any atom is 0.408 e. The van der Waals surface area contributed by atoms with Crippen molar-refractivity contribution >= 4 is 12.1 Å². The minimum atomic E-state index is -1.22. The lowest BCUT2D eigenvalue weighted by atomic mass is 10.00. The van der Waals surface area contributed by atoms with Crippen molar-refractivity contribution in [3.8, 4) is 11.5 Å². The van der Waals surface area contributed by atoms with Crippen molar-refractivity contribution in [1.82, 2.24) is 5.32 Å². The van der Waals surface area contributed by atoms with Crippen LogP contribution >= 0.6 is 0 Å². The maximum atomic E-state index is 12.1. The molecule has 0 spiro atoms. The molecule has 0 bridgehead atoms. The van der Waals surface area contributed by atoms with Gasteiger partial charge in [-0.3, -0.25) is 0 Å². The van der Waals surface area contributed by atoms with Crippen LogP contribution in [0.3, 0.4) is 0 Å². The number of rotatable bonds is 5. The first-order valence-corrected chi connectivity index (χ1v) is 13.5. The molecule has 0 fully saturated rings. The summed E-state index contributed by atoms with van der Waals surface area (Å²) in [6.07, 6.45) is -0.782. The van der Waals surface area contributed by atoms with E-state index in [0.717, 1.165) is 28.0 Å². The van der Waals surface area contributed by atoms with Crippen LogP contribution in [-0.2, 0) is 9.53 Å². The average molecular weight is 520 g/mol. The van der Waals surface area contributed by atoms with Crippen LogP contribution in [0.5, 0.6) is 11.5 Å². The number of carboxylic acid groups (broad SMARTS) is 1. The molecule has 1 amide bonds. The zero-order valence-electron chi connectivity index (χ0n) is 26.0. The first-order chi connectivity index (χ1) is 17.4. The largest absolute Gasteiger partial charge is 0.479 e. The summed E-state index contributed by atoms with van der Waals surface area (Å²) >= 11 is 0. The summed E-state index contributed by atoms with van der Waals surface area (Å²) in [5.74, 6) is 0.223. The molecule has 0 aliphatic heterocycles. The Kier molecular flexibility index (Phi) is 20.9. The molecule has 1 unspecified atom stereocenters. The van der Waals surface area contributed by atoms with Crippen LogP contribution in [0.15, 0.2) is 30.3 Å². The first-order valence-electron chi connectivity index (χ1n) is 13.5. The summed E-state index contributed by atoms with van der Waals surface area (Å²) in [4.78, 5) is 23.8. The molecular formula is C31H53NO5. The van der Waals surface area contributed by atoms with Crippen LogP contribution in [0, 0.1) is 27.7 Å². The summed E-state index contributed by atoms with van der Waals surface area (Å²) in [7, 11) is 0. The highest BCUT2D eigenvalue weighted by Gasteiger charge is 2.26. The smallest absolute Gasteiger partial charge is 0.408 e. The van der Waals surface area contributed by atoms with Gasteiger partial charge in [0.05, 0.1) is 0 Å². The second kappa shape index (κ2) is 20.1. The maximum absolute atomic E-state index is 12.1. The molecule has 0 aliphatic carbocycles. The van der Waals surface area contributed by atoms with Gasteiger partial charge in [-0.1, -0.05) is 61.5 Å². The third kappa shape index (κ3) is 15.0. The third-order valence-electron chi connectivity index (χ3n) is 4.14. The average Bonchev–Trinajstić information content (AvgIpc) is 2.83. The number of carbonyl (C=O) groups excluding carboxylic acids is 1. The molecule has 2 N–H and O–H groups in total. The molecule has 0 saturated heterocycles. The summed E-state index contributed by atoms with van der Waals surface area (Å²) in [5.41, 5.74) is 3.47. The fourth-order valence-corrected chi connectivity index (χ4v) is 3.13. The molecule has 0 aliphatic rings. The van der Waals surface area contributed by atoms with Crippen molar-refractivity contribution in [1.29, 1.82) is 0 Å². The molecular weight excluding hydrogens is 466 g/mol. The lowest BCUT2D eigenvalue weighted by molar-refractivity contribution is -0.139. The van der Waals surface area contributed by atoms with Gasteiger partial charge in [0.25, 0.3) is 0 Å². The number of alkyl carbamates (subject to hydrolysis) is 1. The predicted octanol–water partition coefficient (Wildman–Crippen LogP) is 9.47. The van der Waals surface area contributed by atoms with E-state index in [1.165, 1.54) is 0 Å². The Morgan fingerprint density at radius 3 is 1.51 bits per heavy atom. The number of benzene rings is 2. The van der Waals surface area contributed by atoms with Gasteiger partial charge < -0.3 is 19.9 Å². The Bertz CT molecular complexity index is 886. The van der Waals surface area contributed by atoms with Gasteiger partial charge in [0.15, 0.2) is 6.04 Å². The van der Waals surface area contributed by atoms with E-state index < -0.39 is 23.7 Å². The molecule has 6 nitrogen and oxygen atoms in total. The third-order valence-corrected chi connectivity index (χ3v) is 4.14. The lowest BCUT2D eigenvalue weighted by Gasteiger charge is -2.23. The second-order valence-corrected chi connectivity index (χ2v) is 8.33. The van der Waals surface area contributed by atoms with Gasteiger partial charge in [0.1, 0.15) is 17.1 Å². The lowest BCUT2D eigenvalue weighted by Crippen LogP contribution is -2.38. The van der Waals surface area contributed by atoms with Gasteiger partial charge in [0.2, 0.25) is 0 Å². The SMILES string of the molecule is CC.CC.CC.CC.Cc1cc(C)cc(Oc2c(C)cc(C(NC(=O)OC(C)(C)C)C(=O)O)cc2C)c1. The van der Waals surface area contributed by atoms with E-state index in [-0.39, 0.29) is 0 Å². The normalized spacial score (nSPS) is 10.2. The van der Waals surface area contributed by atoms with Gasteiger partial charge in [-0.15, -0.1) is 0 Å². The summed E-state index contributed by atoms with van der Waals surface area (Å²) in [5, 5.41) is 12.0. The molecule has 2 aromatic carbocycles. The fraction of sp³-hybridized carbons (Fsp3) is 0.548. The van der Waals surface area contributed by atoms with E-state index in [1.807, 2.05) is 95.2 Å². The molecule has 0 heterocycles. The highest BCUT2D eigenvalue weighted by Crippen LogP contribution is 2.32. The highest BCUT2D eigenvalue weighted by atomic mass is 16.6. The van der Waals surface area contributed by atoms with E-state index >= 15 is 0 Å². The van der Waals surface area contributed by atoms with Crippen LogP contribution in [-0.4, -0.2) is 22.8 Å². The number of aryl methyl sites for hydroxylation is 4. The monoisotopic (exact) mass is 519 g/mol. The number of ether oxygens (including phenoxy) is 2. The van der Waals surface area contributed by atoms with Crippen molar-refractivity contribution in [2.45, 2.75) is 115 Å².